The summed E-state index contributed by atoms with van der Waals surface area (Å²) in [5.41, 5.74) is 2.10. The third-order valence-corrected chi connectivity index (χ3v) is 4.31. The molecule has 0 fully saturated rings. The van der Waals surface area contributed by atoms with Crippen LogP contribution in [0.4, 0.5) is 0 Å². The van der Waals surface area contributed by atoms with Crippen LogP contribution in [0.2, 0.25) is 5.02 Å². The highest BCUT2D eigenvalue weighted by atomic mass is 35.5. The minimum Gasteiger partial charge on any atom is -0.490 e. The summed E-state index contributed by atoms with van der Waals surface area (Å²) in [4.78, 5) is 0. The maximum absolute atomic E-state index is 6.43. The Kier molecular flexibility index (Phi) is 6.47. The topological polar surface area (TPSA) is 49.0 Å². The van der Waals surface area contributed by atoms with Crippen LogP contribution in [0.1, 0.15) is 31.4 Å². The maximum atomic E-state index is 6.43. The van der Waals surface area contributed by atoms with Crippen LogP contribution in [0.15, 0.2) is 30.3 Å². The molecule has 5 nitrogen and oxygen atoms in total. The van der Waals surface area contributed by atoms with Gasteiger partial charge in [-0.2, -0.15) is 0 Å². The van der Waals surface area contributed by atoms with Crippen LogP contribution < -0.4 is 24.3 Å². The molecule has 6 heteroatoms. The first kappa shape index (κ1) is 18.7. The number of halogens is 1. The zero-order valence-corrected chi connectivity index (χ0v) is 15.9. The van der Waals surface area contributed by atoms with Gasteiger partial charge in [-0.15, -0.1) is 0 Å². The van der Waals surface area contributed by atoms with E-state index in [1.165, 1.54) is 0 Å². The highest BCUT2D eigenvalue weighted by Gasteiger charge is 2.14. The molecule has 0 aliphatic carbocycles. The number of hydrogen-bond donors (Lipinski definition) is 1. The Hall–Kier alpha value is -2.11. The Bertz CT molecular complexity index is 751. The van der Waals surface area contributed by atoms with Gasteiger partial charge in [0.05, 0.1) is 13.2 Å². The molecular formula is C20H24ClNO4. The second kappa shape index (κ2) is 9.01. The average Bonchev–Trinajstić information content (AvgIpc) is 3.10. The van der Waals surface area contributed by atoms with E-state index in [0.29, 0.717) is 37.1 Å². The van der Waals surface area contributed by atoms with Crippen molar-refractivity contribution in [2.24, 2.45) is 0 Å². The summed E-state index contributed by atoms with van der Waals surface area (Å²) >= 11 is 6.43. The van der Waals surface area contributed by atoms with E-state index in [4.69, 9.17) is 30.5 Å². The van der Waals surface area contributed by atoms with Crippen molar-refractivity contribution >= 4 is 11.6 Å². The van der Waals surface area contributed by atoms with Gasteiger partial charge in [-0.3, -0.25) is 0 Å². The second-order valence-electron chi connectivity index (χ2n) is 5.96. The van der Waals surface area contributed by atoms with E-state index >= 15 is 0 Å². The molecule has 0 bridgehead atoms. The summed E-state index contributed by atoms with van der Waals surface area (Å²) in [5.74, 6) is 3.00. The molecule has 0 unspecified atom stereocenters. The first-order chi connectivity index (χ1) is 12.7. The van der Waals surface area contributed by atoms with Gasteiger partial charge in [0.15, 0.2) is 23.0 Å². The van der Waals surface area contributed by atoms with Gasteiger partial charge < -0.3 is 24.3 Å². The number of hydrogen-bond acceptors (Lipinski definition) is 5. The molecule has 0 saturated heterocycles. The summed E-state index contributed by atoms with van der Waals surface area (Å²) in [6.07, 6.45) is 0.933. The van der Waals surface area contributed by atoms with Gasteiger partial charge in [0, 0.05) is 24.2 Å². The monoisotopic (exact) mass is 377 g/mol. The van der Waals surface area contributed by atoms with Crippen LogP contribution in [-0.2, 0) is 13.1 Å². The van der Waals surface area contributed by atoms with Crippen molar-refractivity contribution in [2.75, 3.05) is 20.0 Å². The Morgan fingerprint density at radius 3 is 2.62 bits per heavy atom. The molecule has 1 aliphatic rings. The number of ether oxygens (including phenoxy) is 4. The minimum absolute atomic E-state index is 0.286. The number of fused-ring (bicyclic) bond motifs is 1. The normalized spacial score (nSPS) is 12.3. The van der Waals surface area contributed by atoms with E-state index in [0.717, 1.165) is 34.8 Å². The van der Waals surface area contributed by atoms with E-state index in [2.05, 4.69) is 12.2 Å². The molecular weight excluding hydrogens is 354 g/mol. The number of rotatable bonds is 9. The standard InChI is InChI=1S/C20H24ClNO4/c1-3-7-24-20-10-16(21)15(9-19(20)23-4-2)12-22-11-14-5-6-17-18(8-14)26-13-25-17/h5-6,8-10,22H,3-4,7,11-13H2,1-2H3. The second-order valence-corrected chi connectivity index (χ2v) is 6.37. The zero-order valence-electron chi connectivity index (χ0n) is 15.1. The fourth-order valence-corrected chi connectivity index (χ4v) is 2.92. The molecule has 140 valence electrons. The minimum atomic E-state index is 0.286. The first-order valence-electron chi connectivity index (χ1n) is 8.88. The summed E-state index contributed by atoms with van der Waals surface area (Å²) in [7, 11) is 0. The molecule has 0 radical (unpaired) electrons. The zero-order chi connectivity index (χ0) is 18.4. The van der Waals surface area contributed by atoms with E-state index in [-0.39, 0.29) is 6.79 Å². The maximum Gasteiger partial charge on any atom is 0.231 e. The molecule has 0 saturated carbocycles. The van der Waals surface area contributed by atoms with E-state index in [9.17, 15) is 0 Å². The van der Waals surface area contributed by atoms with Crippen LogP contribution >= 0.6 is 11.6 Å². The Morgan fingerprint density at radius 2 is 1.81 bits per heavy atom. The quantitative estimate of drug-likeness (QED) is 0.694. The molecule has 1 heterocycles. The van der Waals surface area contributed by atoms with Crippen molar-refractivity contribution in [1.82, 2.24) is 5.32 Å². The van der Waals surface area contributed by atoms with Crippen molar-refractivity contribution in [3.05, 3.63) is 46.5 Å². The molecule has 0 amide bonds. The van der Waals surface area contributed by atoms with Crippen molar-refractivity contribution in [3.63, 3.8) is 0 Å². The molecule has 0 spiro atoms. The molecule has 0 atom stereocenters. The number of benzene rings is 2. The van der Waals surface area contributed by atoms with Crippen LogP contribution in [0.25, 0.3) is 0 Å². The van der Waals surface area contributed by atoms with E-state index < -0.39 is 0 Å². The predicted molar refractivity (Wildman–Crippen MR) is 102 cm³/mol. The lowest BCUT2D eigenvalue weighted by Gasteiger charge is -2.15. The van der Waals surface area contributed by atoms with Crippen molar-refractivity contribution in [3.8, 4) is 23.0 Å². The van der Waals surface area contributed by atoms with Crippen molar-refractivity contribution < 1.29 is 18.9 Å². The van der Waals surface area contributed by atoms with Crippen LogP contribution in [0.3, 0.4) is 0 Å². The summed E-state index contributed by atoms with van der Waals surface area (Å²) < 4.78 is 22.2. The van der Waals surface area contributed by atoms with Gasteiger partial charge in [-0.05, 0) is 42.7 Å². The average molecular weight is 378 g/mol. The smallest absolute Gasteiger partial charge is 0.231 e. The molecule has 2 aromatic rings. The Morgan fingerprint density at radius 1 is 1.00 bits per heavy atom. The van der Waals surface area contributed by atoms with Crippen LogP contribution in [0, 0.1) is 0 Å². The van der Waals surface area contributed by atoms with Gasteiger partial charge >= 0.3 is 0 Å². The van der Waals surface area contributed by atoms with Crippen molar-refractivity contribution in [1.29, 1.82) is 0 Å². The molecule has 1 N–H and O–H groups in total. The van der Waals surface area contributed by atoms with E-state index in [1.54, 1.807) is 0 Å². The fourth-order valence-electron chi connectivity index (χ4n) is 2.70. The summed E-state index contributed by atoms with van der Waals surface area (Å²) in [6, 6.07) is 9.72. The molecule has 1 aliphatic heterocycles. The van der Waals surface area contributed by atoms with E-state index in [1.807, 2.05) is 37.3 Å². The lowest BCUT2D eigenvalue weighted by atomic mass is 10.1. The Labute approximate surface area is 159 Å². The largest absolute Gasteiger partial charge is 0.490 e. The van der Waals surface area contributed by atoms with Gasteiger partial charge in [0.2, 0.25) is 6.79 Å². The summed E-state index contributed by atoms with van der Waals surface area (Å²) in [5, 5.41) is 4.07. The predicted octanol–water partition coefficient (Wildman–Crippen LogP) is 4.55. The highest BCUT2D eigenvalue weighted by Crippen LogP contribution is 2.34. The molecule has 3 rings (SSSR count). The van der Waals surface area contributed by atoms with Gasteiger partial charge in [-0.1, -0.05) is 24.6 Å². The summed E-state index contributed by atoms with van der Waals surface area (Å²) in [6.45, 7) is 6.85. The molecule has 2 aromatic carbocycles. The lowest BCUT2D eigenvalue weighted by Crippen LogP contribution is -2.13. The first-order valence-corrected chi connectivity index (χ1v) is 9.26. The number of nitrogens with one attached hydrogen (secondary N) is 1. The SMILES string of the molecule is CCCOc1cc(Cl)c(CNCc2ccc3c(c2)OCO3)cc1OCC. The van der Waals surface area contributed by atoms with Crippen LogP contribution in [-0.4, -0.2) is 20.0 Å². The Balaban J connectivity index is 1.64. The van der Waals surface area contributed by atoms with Gasteiger partial charge in [0.25, 0.3) is 0 Å². The highest BCUT2D eigenvalue weighted by molar-refractivity contribution is 6.31. The van der Waals surface area contributed by atoms with Crippen LogP contribution in [0.5, 0.6) is 23.0 Å². The van der Waals surface area contributed by atoms with Gasteiger partial charge in [-0.25, -0.2) is 0 Å². The lowest BCUT2D eigenvalue weighted by molar-refractivity contribution is 0.174. The van der Waals surface area contributed by atoms with Gasteiger partial charge in [0.1, 0.15) is 0 Å². The van der Waals surface area contributed by atoms with Crippen molar-refractivity contribution in [2.45, 2.75) is 33.4 Å². The molecule has 26 heavy (non-hydrogen) atoms. The third-order valence-electron chi connectivity index (χ3n) is 3.96. The fraction of sp³-hybridized carbons (Fsp3) is 0.400. The third kappa shape index (κ3) is 4.54. The molecule has 0 aromatic heterocycles.